The predicted molar refractivity (Wildman–Crippen MR) is 56.9 cm³/mol. The molecule has 7 heteroatoms. The van der Waals surface area contributed by atoms with Gasteiger partial charge in [0.15, 0.2) is 5.82 Å². The van der Waals surface area contributed by atoms with E-state index in [2.05, 4.69) is 15.5 Å². The molecule has 1 saturated heterocycles. The number of carboxylic acid groups (broad SMARTS) is 1. The van der Waals surface area contributed by atoms with Crippen molar-refractivity contribution in [2.75, 3.05) is 31.1 Å². The van der Waals surface area contributed by atoms with Crippen molar-refractivity contribution in [3.8, 4) is 0 Å². The number of hydrogen-bond donors (Lipinski definition) is 3. The molecule has 0 aromatic carbocycles. The lowest BCUT2D eigenvalue weighted by Gasteiger charge is -2.28. The van der Waals surface area contributed by atoms with Crippen LogP contribution >= 0.6 is 0 Å². The zero-order valence-corrected chi connectivity index (χ0v) is 8.56. The van der Waals surface area contributed by atoms with Gasteiger partial charge in [-0.25, -0.2) is 9.89 Å². The second-order valence-corrected chi connectivity index (χ2v) is 3.51. The number of piperazine rings is 1. The van der Waals surface area contributed by atoms with Gasteiger partial charge in [0.05, 0.1) is 0 Å². The van der Waals surface area contributed by atoms with Gasteiger partial charge in [0.25, 0.3) is 5.56 Å². The van der Waals surface area contributed by atoms with Crippen LogP contribution in [-0.2, 0) is 0 Å². The van der Waals surface area contributed by atoms with Crippen molar-refractivity contribution in [2.45, 2.75) is 0 Å². The van der Waals surface area contributed by atoms with Crippen LogP contribution < -0.4 is 15.8 Å². The molecule has 2 rings (SSSR count). The first-order valence-corrected chi connectivity index (χ1v) is 4.97. The van der Waals surface area contributed by atoms with E-state index in [0.29, 0.717) is 18.9 Å². The number of hydrogen-bond acceptors (Lipinski definition) is 5. The van der Waals surface area contributed by atoms with Gasteiger partial charge in [-0.05, 0) is 0 Å². The van der Waals surface area contributed by atoms with Crippen molar-refractivity contribution in [1.29, 1.82) is 0 Å². The molecule has 0 unspecified atom stereocenters. The Labute approximate surface area is 91.1 Å². The van der Waals surface area contributed by atoms with Crippen molar-refractivity contribution >= 4 is 11.8 Å². The molecular weight excluding hydrogens is 212 g/mol. The summed E-state index contributed by atoms with van der Waals surface area (Å²) in [7, 11) is 0. The molecule has 16 heavy (non-hydrogen) atoms. The van der Waals surface area contributed by atoms with Crippen molar-refractivity contribution in [1.82, 2.24) is 15.5 Å². The quantitative estimate of drug-likeness (QED) is 0.588. The molecule has 1 aliphatic rings. The number of carboxylic acids is 1. The number of anilines is 1. The van der Waals surface area contributed by atoms with Gasteiger partial charge in [0.2, 0.25) is 0 Å². The first kappa shape index (κ1) is 10.6. The number of aromatic amines is 1. The van der Waals surface area contributed by atoms with Crippen molar-refractivity contribution in [2.24, 2.45) is 0 Å². The third kappa shape index (κ3) is 2.03. The standard InChI is InChI=1S/C9H12N4O3/c14-7-5-6(9(15)16)8(12-11-7)13-3-1-10-2-4-13/h5,10H,1-4H2,(H,11,14)(H,15,16). The van der Waals surface area contributed by atoms with E-state index in [1.807, 2.05) is 4.90 Å². The summed E-state index contributed by atoms with van der Waals surface area (Å²) in [5, 5.41) is 18.2. The average Bonchev–Trinajstić information content (AvgIpc) is 2.30. The normalized spacial score (nSPS) is 16.1. The summed E-state index contributed by atoms with van der Waals surface area (Å²) in [6.07, 6.45) is 0. The maximum absolute atomic E-state index is 11.0. The second-order valence-electron chi connectivity index (χ2n) is 3.51. The third-order valence-corrected chi connectivity index (χ3v) is 2.44. The molecule has 7 nitrogen and oxygen atoms in total. The summed E-state index contributed by atoms with van der Waals surface area (Å²) in [6.45, 7) is 2.92. The topological polar surface area (TPSA) is 98.3 Å². The van der Waals surface area contributed by atoms with E-state index in [1.165, 1.54) is 0 Å². The van der Waals surface area contributed by atoms with Gasteiger partial charge >= 0.3 is 5.97 Å². The summed E-state index contributed by atoms with van der Waals surface area (Å²) < 4.78 is 0. The van der Waals surface area contributed by atoms with E-state index >= 15 is 0 Å². The molecule has 0 radical (unpaired) electrons. The van der Waals surface area contributed by atoms with E-state index in [9.17, 15) is 9.59 Å². The lowest BCUT2D eigenvalue weighted by atomic mass is 10.2. The molecule has 0 aliphatic carbocycles. The zero-order chi connectivity index (χ0) is 11.5. The van der Waals surface area contributed by atoms with Crippen molar-refractivity contribution in [3.63, 3.8) is 0 Å². The number of carbonyl (C=O) groups is 1. The maximum Gasteiger partial charge on any atom is 0.339 e. The van der Waals surface area contributed by atoms with E-state index in [1.54, 1.807) is 0 Å². The number of rotatable bonds is 2. The van der Waals surface area contributed by atoms with Crippen LogP contribution in [0.1, 0.15) is 10.4 Å². The second kappa shape index (κ2) is 4.31. The van der Waals surface area contributed by atoms with Gasteiger partial charge in [-0.1, -0.05) is 0 Å². The molecule has 86 valence electrons. The number of H-pyrrole nitrogens is 1. The van der Waals surface area contributed by atoms with Crippen LogP contribution in [0.25, 0.3) is 0 Å². The van der Waals surface area contributed by atoms with E-state index in [4.69, 9.17) is 5.11 Å². The molecule has 2 heterocycles. The van der Waals surface area contributed by atoms with Crippen molar-refractivity contribution < 1.29 is 9.90 Å². The molecule has 1 aliphatic heterocycles. The third-order valence-electron chi connectivity index (χ3n) is 2.44. The van der Waals surface area contributed by atoms with Gasteiger partial charge in [0.1, 0.15) is 5.56 Å². The monoisotopic (exact) mass is 224 g/mol. The average molecular weight is 224 g/mol. The van der Waals surface area contributed by atoms with Gasteiger partial charge in [0, 0.05) is 32.2 Å². The first-order valence-electron chi connectivity index (χ1n) is 4.97. The fourth-order valence-corrected chi connectivity index (χ4v) is 1.67. The van der Waals surface area contributed by atoms with Crippen LogP contribution in [0.3, 0.4) is 0 Å². The lowest BCUT2D eigenvalue weighted by Crippen LogP contribution is -2.44. The largest absolute Gasteiger partial charge is 0.478 e. The van der Waals surface area contributed by atoms with Gasteiger partial charge in [-0.2, -0.15) is 5.10 Å². The molecule has 1 aromatic rings. The fourth-order valence-electron chi connectivity index (χ4n) is 1.67. The first-order chi connectivity index (χ1) is 7.68. The van der Waals surface area contributed by atoms with Crippen LogP contribution in [0.4, 0.5) is 5.82 Å². The molecule has 1 aromatic heterocycles. The molecule has 0 spiro atoms. The molecule has 0 saturated carbocycles. The molecule has 0 atom stereocenters. The lowest BCUT2D eigenvalue weighted by molar-refractivity contribution is 0.0696. The highest BCUT2D eigenvalue weighted by atomic mass is 16.4. The Bertz CT molecular complexity index is 450. The maximum atomic E-state index is 11.0. The van der Waals surface area contributed by atoms with Crippen molar-refractivity contribution in [3.05, 3.63) is 22.0 Å². The van der Waals surface area contributed by atoms with E-state index < -0.39 is 11.5 Å². The van der Waals surface area contributed by atoms with Gasteiger partial charge < -0.3 is 15.3 Å². The van der Waals surface area contributed by atoms with Crippen LogP contribution in [0.2, 0.25) is 0 Å². The minimum atomic E-state index is -1.13. The predicted octanol–water partition coefficient (Wildman–Crippen LogP) is -1.12. The molecular formula is C9H12N4O3. The Kier molecular flexibility index (Phi) is 2.86. The Hall–Kier alpha value is -1.89. The molecule has 0 amide bonds. The Balaban J connectivity index is 2.38. The number of aromatic carboxylic acids is 1. The molecule has 0 bridgehead atoms. The van der Waals surface area contributed by atoms with E-state index in [0.717, 1.165) is 19.2 Å². The zero-order valence-electron chi connectivity index (χ0n) is 8.56. The minimum Gasteiger partial charge on any atom is -0.478 e. The van der Waals surface area contributed by atoms with Crippen LogP contribution in [0.5, 0.6) is 0 Å². The summed E-state index contributed by atoms with van der Waals surface area (Å²) in [5.74, 6) is -0.805. The summed E-state index contributed by atoms with van der Waals surface area (Å²) in [6, 6.07) is 1.06. The SMILES string of the molecule is O=C(O)c1cc(=O)[nH]nc1N1CCNCC1. The number of nitrogens with zero attached hydrogens (tertiary/aromatic N) is 2. The molecule has 1 fully saturated rings. The fraction of sp³-hybridized carbons (Fsp3) is 0.444. The number of nitrogens with one attached hydrogen (secondary N) is 2. The van der Waals surface area contributed by atoms with Crippen LogP contribution in [-0.4, -0.2) is 47.5 Å². The smallest absolute Gasteiger partial charge is 0.339 e. The highest BCUT2D eigenvalue weighted by molar-refractivity contribution is 5.93. The van der Waals surface area contributed by atoms with Gasteiger partial charge in [-0.15, -0.1) is 0 Å². The van der Waals surface area contributed by atoms with Gasteiger partial charge in [-0.3, -0.25) is 4.79 Å². The summed E-state index contributed by atoms with van der Waals surface area (Å²) in [4.78, 5) is 23.8. The van der Waals surface area contributed by atoms with E-state index in [-0.39, 0.29) is 5.56 Å². The van der Waals surface area contributed by atoms with Crippen LogP contribution in [0.15, 0.2) is 10.9 Å². The Morgan fingerprint density at radius 2 is 2.12 bits per heavy atom. The molecule has 3 N–H and O–H groups in total. The Morgan fingerprint density at radius 3 is 2.75 bits per heavy atom. The highest BCUT2D eigenvalue weighted by Gasteiger charge is 2.19. The number of aromatic nitrogens is 2. The summed E-state index contributed by atoms with van der Waals surface area (Å²) in [5.41, 5.74) is -0.554. The Morgan fingerprint density at radius 1 is 1.44 bits per heavy atom. The summed E-state index contributed by atoms with van der Waals surface area (Å²) >= 11 is 0. The highest BCUT2D eigenvalue weighted by Crippen LogP contribution is 2.15. The van der Waals surface area contributed by atoms with Crippen LogP contribution in [0, 0.1) is 0 Å². The minimum absolute atomic E-state index is 0.0503.